The fraction of sp³-hybridized carbons (Fsp3) is 0.857. The summed E-state index contributed by atoms with van der Waals surface area (Å²) in [6.45, 7) is 6.15. The van der Waals surface area contributed by atoms with Crippen LogP contribution in [-0.4, -0.2) is 6.29 Å². The lowest BCUT2D eigenvalue weighted by atomic mass is 10.0. The summed E-state index contributed by atoms with van der Waals surface area (Å²) in [5.41, 5.74) is 0.113. The Morgan fingerprint density at radius 2 is 1.75 bits per heavy atom. The molecule has 1 rings (SSSR count). The molecule has 1 aliphatic carbocycles. The van der Waals surface area contributed by atoms with E-state index in [0.29, 0.717) is 0 Å². The lowest BCUT2D eigenvalue weighted by molar-refractivity contribution is 0.471. The minimum absolute atomic E-state index is 0.118. The Labute approximate surface area is 50.1 Å². The van der Waals surface area contributed by atoms with Crippen LogP contribution in [0.4, 0.5) is 0 Å². The van der Waals surface area contributed by atoms with E-state index >= 15 is 0 Å². The first-order valence-electron chi connectivity index (χ1n) is 2.91. The molecule has 0 aromatic carbocycles. The van der Waals surface area contributed by atoms with Gasteiger partial charge in [0, 0.05) is 5.41 Å². The van der Waals surface area contributed by atoms with Gasteiger partial charge in [0.2, 0.25) is 6.29 Å². The number of rotatable bonds is 1. The molecule has 1 saturated carbocycles. The van der Waals surface area contributed by atoms with Crippen molar-refractivity contribution in [3.05, 3.63) is 0 Å². The molecule has 8 heavy (non-hydrogen) atoms. The SMILES string of the molecule is CC1(C)CC1(C)[C]=O. The van der Waals surface area contributed by atoms with Gasteiger partial charge >= 0.3 is 0 Å². The van der Waals surface area contributed by atoms with Gasteiger partial charge in [-0.25, -0.2) is 0 Å². The second-order valence-corrected chi connectivity index (χ2v) is 3.49. The van der Waals surface area contributed by atoms with Crippen LogP contribution in [0.3, 0.4) is 0 Å². The van der Waals surface area contributed by atoms with Gasteiger partial charge in [0.25, 0.3) is 0 Å². The van der Waals surface area contributed by atoms with Crippen LogP contribution >= 0.6 is 0 Å². The summed E-state index contributed by atoms with van der Waals surface area (Å²) in [5.74, 6) is 0. The normalized spacial score (nSPS) is 41.4. The highest BCUT2D eigenvalue weighted by atomic mass is 16.1. The summed E-state index contributed by atoms with van der Waals surface area (Å²) in [4.78, 5) is 10.2. The average Bonchev–Trinajstić information content (AvgIpc) is 2.10. The van der Waals surface area contributed by atoms with Gasteiger partial charge in [-0.1, -0.05) is 20.8 Å². The minimum atomic E-state index is -0.118. The molecule has 1 aliphatic rings. The summed E-state index contributed by atoms with van der Waals surface area (Å²) in [7, 11) is 0. The highest BCUT2D eigenvalue weighted by molar-refractivity contribution is 5.66. The van der Waals surface area contributed by atoms with E-state index in [1.54, 1.807) is 0 Å². The largest absolute Gasteiger partial charge is 0.290 e. The molecule has 0 spiro atoms. The zero-order valence-electron chi connectivity index (χ0n) is 5.62. The van der Waals surface area contributed by atoms with Crippen molar-refractivity contribution in [2.45, 2.75) is 27.2 Å². The zero-order valence-corrected chi connectivity index (χ0v) is 5.62. The third-order valence-corrected chi connectivity index (χ3v) is 2.39. The van der Waals surface area contributed by atoms with Crippen LogP contribution in [0, 0.1) is 10.8 Å². The smallest absolute Gasteiger partial charge is 0.205 e. The molecule has 1 radical (unpaired) electrons. The van der Waals surface area contributed by atoms with E-state index in [1.807, 2.05) is 6.92 Å². The first-order valence-corrected chi connectivity index (χ1v) is 2.91. The molecular formula is C7H11O. The van der Waals surface area contributed by atoms with Crippen LogP contribution in [0.25, 0.3) is 0 Å². The Hall–Kier alpha value is -0.330. The van der Waals surface area contributed by atoms with Crippen molar-refractivity contribution in [3.8, 4) is 0 Å². The maximum atomic E-state index is 10.2. The Morgan fingerprint density at radius 3 is 1.75 bits per heavy atom. The fourth-order valence-electron chi connectivity index (χ4n) is 1.01. The van der Waals surface area contributed by atoms with Gasteiger partial charge in [-0.15, -0.1) is 0 Å². The van der Waals surface area contributed by atoms with Gasteiger partial charge in [-0.3, -0.25) is 4.79 Å². The molecule has 1 atom stereocenters. The highest BCUT2D eigenvalue weighted by Gasteiger charge is 2.58. The summed E-state index contributed by atoms with van der Waals surface area (Å²) >= 11 is 0. The van der Waals surface area contributed by atoms with E-state index < -0.39 is 0 Å². The van der Waals surface area contributed by atoms with Crippen LogP contribution in [0.1, 0.15) is 27.2 Å². The summed E-state index contributed by atoms with van der Waals surface area (Å²) in [6.07, 6.45) is 3.06. The zero-order chi connectivity index (χ0) is 6.41. The molecule has 1 unspecified atom stereocenters. The number of carbonyl (C=O) groups excluding carboxylic acids is 1. The summed E-state index contributed by atoms with van der Waals surface area (Å²) in [5, 5.41) is 0. The Kier molecular flexibility index (Phi) is 0.832. The molecule has 45 valence electrons. The molecule has 1 fully saturated rings. The van der Waals surface area contributed by atoms with E-state index in [2.05, 4.69) is 20.1 Å². The monoisotopic (exact) mass is 111 g/mol. The van der Waals surface area contributed by atoms with Gasteiger partial charge in [-0.2, -0.15) is 0 Å². The maximum absolute atomic E-state index is 10.2. The average molecular weight is 111 g/mol. The molecule has 1 heteroatoms. The van der Waals surface area contributed by atoms with E-state index in [0.717, 1.165) is 6.42 Å². The van der Waals surface area contributed by atoms with E-state index in [-0.39, 0.29) is 10.8 Å². The van der Waals surface area contributed by atoms with Crippen molar-refractivity contribution >= 4 is 6.29 Å². The molecule has 0 bridgehead atoms. The van der Waals surface area contributed by atoms with Crippen molar-refractivity contribution in [1.29, 1.82) is 0 Å². The molecule has 0 aromatic rings. The molecule has 0 amide bonds. The Morgan fingerprint density at radius 1 is 1.38 bits per heavy atom. The summed E-state index contributed by atoms with van der Waals surface area (Å²) in [6, 6.07) is 0. The van der Waals surface area contributed by atoms with Crippen LogP contribution in [-0.2, 0) is 4.79 Å². The van der Waals surface area contributed by atoms with Crippen LogP contribution < -0.4 is 0 Å². The lowest BCUT2D eigenvalue weighted by Crippen LogP contribution is -2.03. The van der Waals surface area contributed by atoms with Crippen LogP contribution in [0.5, 0.6) is 0 Å². The van der Waals surface area contributed by atoms with Gasteiger partial charge < -0.3 is 0 Å². The number of hydrogen-bond acceptors (Lipinski definition) is 1. The van der Waals surface area contributed by atoms with Crippen LogP contribution in [0.2, 0.25) is 0 Å². The third kappa shape index (κ3) is 0.504. The van der Waals surface area contributed by atoms with E-state index in [1.165, 1.54) is 0 Å². The number of hydrogen-bond donors (Lipinski definition) is 0. The quantitative estimate of drug-likeness (QED) is 0.501. The fourth-order valence-corrected chi connectivity index (χ4v) is 1.01. The second kappa shape index (κ2) is 1.15. The maximum Gasteiger partial charge on any atom is 0.205 e. The van der Waals surface area contributed by atoms with E-state index in [9.17, 15) is 4.79 Å². The molecule has 0 saturated heterocycles. The summed E-state index contributed by atoms with van der Waals surface area (Å²) < 4.78 is 0. The van der Waals surface area contributed by atoms with Gasteiger partial charge in [-0.05, 0) is 11.8 Å². The standard InChI is InChI=1S/C7H11O/c1-6(2)4-7(6,3)5-8/h4H2,1-3H3. The Balaban J connectivity index is 2.68. The molecule has 0 heterocycles. The van der Waals surface area contributed by atoms with E-state index in [4.69, 9.17) is 0 Å². The molecule has 0 aromatic heterocycles. The first kappa shape index (κ1) is 5.80. The predicted molar refractivity (Wildman–Crippen MR) is 32.2 cm³/mol. The van der Waals surface area contributed by atoms with Gasteiger partial charge in [0.15, 0.2) is 0 Å². The molecule has 0 N–H and O–H groups in total. The minimum Gasteiger partial charge on any atom is -0.290 e. The van der Waals surface area contributed by atoms with Crippen LogP contribution in [0.15, 0.2) is 0 Å². The third-order valence-electron chi connectivity index (χ3n) is 2.39. The Bertz CT molecular complexity index is 126. The lowest BCUT2D eigenvalue weighted by Gasteiger charge is -2.02. The topological polar surface area (TPSA) is 17.1 Å². The van der Waals surface area contributed by atoms with Gasteiger partial charge in [0.05, 0.1) is 0 Å². The van der Waals surface area contributed by atoms with Crippen molar-refractivity contribution in [3.63, 3.8) is 0 Å². The van der Waals surface area contributed by atoms with Crippen molar-refractivity contribution in [2.24, 2.45) is 10.8 Å². The van der Waals surface area contributed by atoms with Crippen molar-refractivity contribution in [1.82, 2.24) is 0 Å². The van der Waals surface area contributed by atoms with Crippen molar-refractivity contribution < 1.29 is 4.79 Å². The van der Waals surface area contributed by atoms with Crippen molar-refractivity contribution in [2.75, 3.05) is 0 Å². The van der Waals surface area contributed by atoms with Gasteiger partial charge in [0.1, 0.15) is 0 Å². The highest BCUT2D eigenvalue weighted by Crippen LogP contribution is 2.61. The first-order chi connectivity index (χ1) is 3.52. The molecule has 0 aliphatic heterocycles. The molecule has 1 nitrogen and oxygen atoms in total. The molecular weight excluding hydrogens is 100 g/mol. The predicted octanol–water partition coefficient (Wildman–Crippen LogP) is 1.53. The second-order valence-electron chi connectivity index (χ2n) is 3.49.